The number of urea groups is 1. The Kier molecular flexibility index (Phi) is 18.6. The molecule has 0 aromatic heterocycles. The van der Waals surface area contributed by atoms with Crippen molar-refractivity contribution in [2.24, 2.45) is 0 Å². The summed E-state index contributed by atoms with van der Waals surface area (Å²) in [6.07, 6.45) is 15.8. The highest BCUT2D eigenvalue weighted by Crippen LogP contribution is 2.39. The second kappa shape index (κ2) is 23.4. The highest BCUT2D eigenvalue weighted by molar-refractivity contribution is 5.74. The van der Waals surface area contributed by atoms with Gasteiger partial charge in [0.15, 0.2) is 6.29 Å². The monoisotopic (exact) mass is 699 g/mol. The molecule has 3 N–H and O–H groups in total. The molecule has 0 unspecified atom stereocenters. The molecule has 3 aromatic carbocycles. The van der Waals surface area contributed by atoms with Crippen LogP contribution in [0.15, 0.2) is 72.8 Å². The summed E-state index contributed by atoms with van der Waals surface area (Å²) in [7, 11) is 0. The number of carbonyl (C=O) groups is 1. The summed E-state index contributed by atoms with van der Waals surface area (Å²) in [6, 6.07) is 24.8. The number of hydrogen-bond acceptors (Lipinski definition) is 5. The van der Waals surface area contributed by atoms with E-state index in [1.54, 1.807) is 0 Å². The molecule has 7 nitrogen and oxygen atoms in total. The van der Waals surface area contributed by atoms with Gasteiger partial charge in [-0.3, -0.25) is 0 Å². The minimum absolute atomic E-state index is 0.0266. The molecule has 0 bridgehead atoms. The van der Waals surface area contributed by atoms with Crippen LogP contribution in [0, 0.1) is 0 Å². The molecule has 3 atom stereocenters. The van der Waals surface area contributed by atoms with Crippen molar-refractivity contribution in [3.05, 3.63) is 95.1 Å². The normalized spacial score (nSPS) is 17.5. The summed E-state index contributed by atoms with van der Waals surface area (Å²) < 4.78 is 13.6. The number of nitrogens with zero attached hydrogens (tertiary/aromatic N) is 1. The van der Waals surface area contributed by atoms with Crippen molar-refractivity contribution in [3.8, 4) is 11.1 Å². The van der Waals surface area contributed by atoms with Gasteiger partial charge in [-0.25, -0.2) is 4.79 Å². The fraction of sp³-hybridized carbons (Fsp3) is 0.568. The van der Waals surface area contributed by atoms with Crippen molar-refractivity contribution in [2.75, 3.05) is 26.2 Å². The minimum atomic E-state index is -0.501. The van der Waals surface area contributed by atoms with Crippen LogP contribution in [0.3, 0.4) is 0 Å². The van der Waals surface area contributed by atoms with Crippen LogP contribution in [0.4, 0.5) is 4.79 Å². The van der Waals surface area contributed by atoms with Crippen LogP contribution >= 0.6 is 0 Å². The third-order valence-corrected chi connectivity index (χ3v) is 9.94. The van der Waals surface area contributed by atoms with Gasteiger partial charge < -0.3 is 30.1 Å². The molecule has 1 saturated heterocycles. The molecule has 0 aliphatic carbocycles. The Morgan fingerprint density at radius 1 is 0.706 bits per heavy atom. The summed E-state index contributed by atoms with van der Waals surface area (Å²) in [5, 5.41) is 15.4. The van der Waals surface area contributed by atoms with Gasteiger partial charge in [-0.1, -0.05) is 139 Å². The Bertz CT molecular complexity index is 1380. The molecular weight excluding hydrogens is 635 g/mol. The average molecular weight is 700 g/mol. The van der Waals surface area contributed by atoms with Crippen molar-refractivity contribution in [1.82, 2.24) is 15.5 Å². The lowest BCUT2D eigenvalue weighted by Crippen LogP contribution is -2.40. The zero-order valence-corrected chi connectivity index (χ0v) is 31.7. The van der Waals surface area contributed by atoms with Gasteiger partial charge in [0.2, 0.25) is 0 Å². The molecule has 1 aliphatic heterocycles. The van der Waals surface area contributed by atoms with Gasteiger partial charge in [0, 0.05) is 31.6 Å². The molecule has 51 heavy (non-hydrogen) atoms. The average Bonchev–Trinajstić information content (AvgIpc) is 3.16. The topological polar surface area (TPSA) is 83.1 Å². The first-order valence-corrected chi connectivity index (χ1v) is 20.0. The lowest BCUT2D eigenvalue weighted by atomic mass is 9.98. The third kappa shape index (κ3) is 14.4. The molecule has 3 aromatic rings. The number of unbranched alkanes of at least 4 members (excludes halogenated alkanes) is 10. The molecule has 1 fully saturated rings. The molecule has 280 valence electrons. The van der Waals surface area contributed by atoms with Gasteiger partial charge in [0.05, 0.1) is 18.8 Å². The Labute approximate surface area is 308 Å². The quantitative estimate of drug-likeness (QED) is 0.0859. The van der Waals surface area contributed by atoms with Crippen molar-refractivity contribution < 1.29 is 19.4 Å². The van der Waals surface area contributed by atoms with Gasteiger partial charge in [0.25, 0.3) is 0 Å². The van der Waals surface area contributed by atoms with Crippen molar-refractivity contribution >= 4 is 6.03 Å². The van der Waals surface area contributed by atoms with Crippen LogP contribution in [-0.4, -0.2) is 48.3 Å². The SMILES string of the molecule is CCCCCCCCN(CCCCCCCC)C[C@H]1C[C@@H](c2ccc(CO)cc2)O[C@@H](c2cccc(-c3cccc(CNC(=O)NCC)c3)c2)O1. The summed E-state index contributed by atoms with van der Waals surface area (Å²) in [4.78, 5) is 14.6. The molecule has 0 radical (unpaired) electrons. The van der Waals surface area contributed by atoms with Crippen molar-refractivity contribution in [2.45, 2.75) is 136 Å². The summed E-state index contributed by atoms with van der Waals surface area (Å²) in [5.41, 5.74) is 6.22. The van der Waals surface area contributed by atoms with E-state index >= 15 is 0 Å². The third-order valence-electron chi connectivity index (χ3n) is 9.94. The maximum absolute atomic E-state index is 12.0. The first kappa shape index (κ1) is 40.5. The van der Waals surface area contributed by atoms with E-state index in [1.165, 1.54) is 77.0 Å². The van der Waals surface area contributed by atoms with Crippen LogP contribution in [-0.2, 0) is 22.6 Å². The van der Waals surface area contributed by atoms with Gasteiger partial charge in [-0.05, 0) is 72.8 Å². The number of rotatable bonds is 23. The second-order valence-electron chi connectivity index (χ2n) is 14.2. The smallest absolute Gasteiger partial charge is 0.315 e. The lowest BCUT2D eigenvalue weighted by Gasteiger charge is -2.38. The Morgan fingerprint density at radius 3 is 1.98 bits per heavy atom. The molecular formula is C44H65N3O4. The Balaban J connectivity index is 1.51. The number of ether oxygens (including phenoxy) is 2. The number of carbonyl (C=O) groups excluding carboxylic acids is 1. The molecule has 0 spiro atoms. The number of benzene rings is 3. The molecule has 1 aliphatic rings. The van der Waals surface area contributed by atoms with E-state index < -0.39 is 6.29 Å². The maximum atomic E-state index is 12.0. The van der Waals surface area contributed by atoms with E-state index in [0.29, 0.717) is 13.1 Å². The fourth-order valence-corrected chi connectivity index (χ4v) is 6.98. The van der Waals surface area contributed by atoms with Gasteiger partial charge in [0.1, 0.15) is 0 Å². The second-order valence-corrected chi connectivity index (χ2v) is 14.2. The highest BCUT2D eigenvalue weighted by Gasteiger charge is 2.33. The van der Waals surface area contributed by atoms with E-state index in [-0.39, 0.29) is 24.8 Å². The van der Waals surface area contributed by atoms with Crippen LogP contribution in [0.1, 0.15) is 139 Å². The summed E-state index contributed by atoms with van der Waals surface area (Å²) in [6.45, 7) is 10.7. The molecule has 0 saturated carbocycles. The van der Waals surface area contributed by atoms with Crippen LogP contribution < -0.4 is 10.6 Å². The van der Waals surface area contributed by atoms with Gasteiger partial charge in [-0.15, -0.1) is 0 Å². The van der Waals surface area contributed by atoms with E-state index in [1.807, 2.05) is 31.2 Å². The number of nitrogens with one attached hydrogen (secondary N) is 2. The Morgan fingerprint density at radius 2 is 1.33 bits per heavy atom. The van der Waals surface area contributed by atoms with Gasteiger partial charge in [-0.2, -0.15) is 0 Å². The van der Waals surface area contributed by atoms with E-state index in [9.17, 15) is 9.90 Å². The number of hydrogen-bond donors (Lipinski definition) is 3. The van der Waals surface area contributed by atoms with Crippen LogP contribution in [0.25, 0.3) is 11.1 Å². The van der Waals surface area contributed by atoms with Crippen LogP contribution in [0.2, 0.25) is 0 Å². The zero-order valence-electron chi connectivity index (χ0n) is 31.7. The summed E-state index contributed by atoms with van der Waals surface area (Å²) in [5.74, 6) is 0. The van der Waals surface area contributed by atoms with Crippen LogP contribution in [0.5, 0.6) is 0 Å². The molecule has 1 heterocycles. The van der Waals surface area contributed by atoms with Crippen molar-refractivity contribution in [1.29, 1.82) is 0 Å². The maximum Gasteiger partial charge on any atom is 0.315 e. The Hall–Kier alpha value is -3.23. The molecule has 7 heteroatoms. The highest BCUT2D eigenvalue weighted by atomic mass is 16.7. The standard InChI is InChI=1S/C44H65N3O4/c1-4-7-9-11-13-15-27-47(28-16-14-12-10-8-5-2)33-41-31-42(37-25-23-35(34-48)24-26-37)51-43(50-41)40-22-18-21-39(30-40)38-20-17-19-36(29-38)32-46-44(49)45-6-3/h17-26,29-30,41-43,48H,4-16,27-28,31-34H2,1-3H3,(H2,45,46,49)/t41-,42+,43+/m1/s1. The first-order valence-electron chi connectivity index (χ1n) is 20.0. The van der Waals surface area contributed by atoms with E-state index in [4.69, 9.17) is 9.47 Å². The number of aliphatic hydroxyl groups is 1. The first-order chi connectivity index (χ1) is 25.0. The molecule has 2 amide bonds. The van der Waals surface area contributed by atoms with Crippen molar-refractivity contribution in [3.63, 3.8) is 0 Å². The largest absolute Gasteiger partial charge is 0.392 e. The number of aliphatic hydroxyl groups excluding tert-OH is 1. The molecule has 4 rings (SSSR count). The zero-order chi connectivity index (χ0) is 36.1. The predicted molar refractivity (Wildman–Crippen MR) is 209 cm³/mol. The van der Waals surface area contributed by atoms with E-state index in [2.05, 4.69) is 77.9 Å². The minimum Gasteiger partial charge on any atom is -0.392 e. The fourth-order valence-electron chi connectivity index (χ4n) is 6.98. The summed E-state index contributed by atoms with van der Waals surface area (Å²) >= 11 is 0. The predicted octanol–water partition coefficient (Wildman–Crippen LogP) is 10.2. The van der Waals surface area contributed by atoms with E-state index in [0.717, 1.165) is 59.4 Å². The van der Waals surface area contributed by atoms with Gasteiger partial charge >= 0.3 is 6.03 Å². The lowest BCUT2D eigenvalue weighted by molar-refractivity contribution is -0.253. The number of amides is 2.